The second-order valence-electron chi connectivity index (χ2n) is 4.39. The van der Waals surface area contributed by atoms with Crippen LogP contribution in [0.15, 0.2) is 0 Å². The lowest BCUT2D eigenvalue weighted by Crippen LogP contribution is -2.61. The van der Waals surface area contributed by atoms with Crippen LogP contribution < -0.4 is 0 Å². The SMILES string of the molecule is O=P(O)(O)OC[C@@H](O)C1O[C@@H](OP(=O)(O)O)C(O)C(O)[C@@H]1O. The van der Waals surface area contributed by atoms with Gasteiger partial charge in [-0.2, -0.15) is 0 Å². The van der Waals surface area contributed by atoms with E-state index < -0.39 is 59.1 Å². The van der Waals surface area contributed by atoms with Crippen LogP contribution in [0.4, 0.5) is 0 Å². The molecule has 0 bridgehead atoms. The number of hydrogen-bond donors (Lipinski definition) is 8. The zero-order valence-electron chi connectivity index (χ0n) is 10.7. The minimum absolute atomic E-state index is 1.03. The van der Waals surface area contributed by atoms with E-state index in [0.717, 1.165) is 0 Å². The number of hydrogen-bond acceptors (Lipinski definition) is 9. The van der Waals surface area contributed by atoms with Gasteiger partial charge in [0.1, 0.15) is 30.5 Å². The van der Waals surface area contributed by atoms with Crippen LogP contribution in [0.5, 0.6) is 0 Å². The lowest BCUT2D eigenvalue weighted by atomic mass is 9.96. The third-order valence-electron chi connectivity index (χ3n) is 2.64. The number of phosphoric acid groups is 2. The van der Waals surface area contributed by atoms with Crippen molar-refractivity contribution in [2.75, 3.05) is 6.61 Å². The van der Waals surface area contributed by atoms with Gasteiger partial charge in [-0.25, -0.2) is 9.13 Å². The second kappa shape index (κ2) is 7.28. The fourth-order valence-electron chi connectivity index (χ4n) is 1.68. The summed E-state index contributed by atoms with van der Waals surface area (Å²) in [7, 11) is -10.1. The highest BCUT2D eigenvalue weighted by atomic mass is 31.2. The molecule has 0 amide bonds. The van der Waals surface area contributed by atoms with Crippen LogP contribution in [0.3, 0.4) is 0 Å². The molecule has 15 heteroatoms. The maximum absolute atomic E-state index is 10.7. The van der Waals surface area contributed by atoms with Gasteiger partial charge in [-0.1, -0.05) is 0 Å². The molecule has 3 unspecified atom stereocenters. The number of aliphatic hydroxyl groups excluding tert-OH is 4. The zero-order chi connectivity index (χ0) is 17.3. The highest BCUT2D eigenvalue weighted by Crippen LogP contribution is 2.41. The fraction of sp³-hybridized carbons (Fsp3) is 1.00. The molecule has 1 aliphatic rings. The second-order valence-corrected chi connectivity index (χ2v) is 6.82. The molecule has 0 spiro atoms. The molecular weight excluding hydrogens is 354 g/mol. The summed E-state index contributed by atoms with van der Waals surface area (Å²) in [6.07, 6.45) is -11.8. The Morgan fingerprint density at radius 3 is 1.95 bits per heavy atom. The van der Waals surface area contributed by atoms with E-state index in [2.05, 4.69) is 9.05 Å². The molecule has 0 aromatic rings. The average molecular weight is 370 g/mol. The standard InChI is InChI=1S/C7H16O13P2/c8-2(1-18-21(12,13)14)6-4(10)3(9)5(11)7(19-6)20-22(15,16)17/h2-11H,1H2,(H2,12,13,14)(H2,15,16,17)/t2-,3?,4+,5?,6?,7+/m1/s1. The summed E-state index contributed by atoms with van der Waals surface area (Å²) in [4.78, 5) is 34.3. The minimum Gasteiger partial charge on any atom is -0.388 e. The molecule has 1 fully saturated rings. The molecule has 0 aliphatic carbocycles. The zero-order valence-corrected chi connectivity index (χ0v) is 12.5. The van der Waals surface area contributed by atoms with Gasteiger partial charge < -0.3 is 44.7 Å². The molecule has 1 saturated heterocycles. The van der Waals surface area contributed by atoms with Gasteiger partial charge in [-0.15, -0.1) is 0 Å². The number of ether oxygens (including phenoxy) is 1. The Morgan fingerprint density at radius 2 is 1.50 bits per heavy atom. The normalized spacial score (nSPS) is 35.4. The van der Waals surface area contributed by atoms with Crippen molar-refractivity contribution in [2.45, 2.75) is 36.8 Å². The van der Waals surface area contributed by atoms with Gasteiger partial charge in [0.15, 0.2) is 6.29 Å². The Kier molecular flexibility index (Phi) is 6.64. The van der Waals surface area contributed by atoms with E-state index >= 15 is 0 Å². The van der Waals surface area contributed by atoms with E-state index in [0.29, 0.717) is 0 Å². The molecule has 22 heavy (non-hydrogen) atoms. The Balaban J connectivity index is 2.80. The van der Waals surface area contributed by atoms with E-state index in [1.54, 1.807) is 0 Å². The van der Waals surface area contributed by atoms with Crippen LogP contribution in [-0.2, 0) is 22.9 Å². The maximum Gasteiger partial charge on any atom is 0.472 e. The molecule has 0 saturated carbocycles. The van der Waals surface area contributed by atoms with Crippen molar-refractivity contribution >= 4 is 15.6 Å². The summed E-state index contributed by atoms with van der Waals surface area (Å²) < 4.78 is 34.0. The summed E-state index contributed by atoms with van der Waals surface area (Å²) in [5, 5.41) is 38.3. The van der Waals surface area contributed by atoms with Crippen molar-refractivity contribution in [1.29, 1.82) is 0 Å². The summed E-state index contributed by atoms with van der Waals surface area (Å²) >= 11 is 0. The maximum atomic E-state index is 10.7. The smallest absolute Gasteiger partial charge is 0.388 e. The molecule has 13 nitrogen and oxygen atoms in total. The van der Waals surface area contributed by atoms with Crippen LogP contribution in [-0.4, -0.2) is 83.4 Å². The average Bonchev–Trinajstić information content (AvgIpc) is 2.34. The largest absolute Gasteiger partial charge is 0.472 e. The molecule has 8 N–H and O–H groups in total. The van der Waals surface area contributed by atoms with Gasteiger partial charge in [-0.3, -0.25) is 9.05 Å². The lowest BCUT2D eigenvalue weighted by Gasteiger charge is -2.41. The van der Waals surface area contributed by atoms with Crippen molar-refractivity contribution in [3.05, 3.63) is 0 Å². The highest BCUT2D eigenvalue weighted by Gasteiger charge is 2.49. The number of aliphatic hydroxyl groups is 4. The first-order valence-corrected chi connectivity index (χ1v) is 8.69. The number of phosphoric ester groups is 2. The number of rotatable bonds is 6. The van der Waals surface area contributed by atoms with Crippen LogP contribution in [0.25, 0.3) is 0 Å². The lowest BCUT2D eigenvalue weighted by molar-refractivity contribution is -0.292. The van der Waals surface area contributed by atoms with E-state index in [4.69, 9.17) is 24.3 Å². The molecule has 0 aromatic carbocycles. The van der Waals surface area contributed by atoms with E-state index in [1.165, 1.54) is 0 Å². The van der Waals surface area contributed by atoms with Gasteiger partial charge in [0, 0.05) is 0 Å². The van der Waals surface area contributed by atoms with Gasteiger partial charge in [0.05, 0.1) is 6.61 Å². The quantitative estimate of drug-likeness (QED) is 0.212. The molecule has 1 rings (SSSR count). The first-order chi connectivity index (χ1) is 9.82. The summed E-state index contributed by atoms with van der Waals surface area (Å²) in [5.41, 5.74) is 0. The van der Waals surface area contributed by atoms with Crippen molar-refractivity contribution in [3.8, 4) is 0 Å². The molecule has 132 valence electrons. The fourth-order valence-corrected chi connectivity index (χ4v) is 2.47. The van der Waals surface area contributed by atoms with Gasteiger partial charge >= 0.3 is 15.6 Å². The molecule has 6 atom stereocenters. The predicted octanol–water partition coefficient (Wildman–Crippen LogP) is -3.63. The van der Waals surface area contributed by atoms with Crippen molar-refractivity contribution in [2.24, 2.45) is 0 Å². The van der Waals surface area contributed by atoms with Gasteiger partial charge in [0.2, 0.25) is 0 Å². The Hall–Kier alpha value is 0.0200. The molecule has 0 aromatic heterocycles. The summed E-state index contributed by atoms with van der Waals surface area (Å²) in [6.45, 7) is -1.03. The summed E-state index contributed by atoms with van der Waals surface area (Å²) in [5.74, 6) is 0. The molecule has 1 heterocycles. The third kappa shape index (κ3) is 5.91. The van der Waals surface area contributed by atoms with Crippen molar-refractivity contribution < 1.29 is 62.9 Å². The Morgan fingerprint density at radius 1 is 0.955 bits per heavy atom. The first-order valence-electron chi connectivity index (χ1n) is 5.63. The van der Waals surface area contributed by atoms with Crippen LogP contribution in [0, 0.1) is 0 Å². The van der Waals surface area contributed by atoms with E-state index in [9.17, 15) is 29.6 Å². The molecule has 0 radical (unpaired) electrons. The van der Waals surface area contributed by atoms with Crippen LogP contribution in [0.1, 0.15) is 0 Å². The van der Waals surface area contributed by atoms with Crippen LogP contribution in [0.2, 0.25) is 0 Å². The Bertz CT molecular complexity index is 457. The Labute approximate surface area is 123 Å². The topological polar surface area (TPSA) is 224 Å². The van der Waals surface area contributed by atoms with Gasteiger partial charge in [0.25, 0.3) is 0 Å². The monoisotopic (exact) mass is 370 g/mol. The van der Waals surface area contributed by atoms with Gasteiger partial charge in [-0.05, 0) is 0 Å². The predicted molar refractivity (Wildman–Crippen MR) is 63.8 cm³/mol. The van der Waals surface area contributed by atoms with Crippen molar-refractivity contribution in [3.63, 3.8) is 0 Å². The third-order valence-corrected chi connectivity index (χ3v) is 3.61. The molecular formula is C7H16O13P2. The van der Waals surface area contributed by atoms with E-state index in [1.807, 2.05) is 0 Å². The minimum atomic E-state index is -5.13. The van der Waals surface area contributed by atoms with Crippen molar-refractivity contribution in [1.82, 2.24) is 0 Å². The van der Waals surface area contributed by atoms with E-state index in [-0.39, 0.29) is 0 Å². The first kappa shape index (κ1) is 20.1. The highest BCUT2D eigenvalue weighted by molar-refractivity contribution is 7.46. The van der Waals surface area contributed by atoms with Crippen LogP contribution >= 0.6 is 15.6 Å². The molecule has 1 aliphatic heterocycles. The summed E-state index contributed by atoms with van der Waals surface area (Å²) in [6, 6.07) is 0.